The molecular weight excluding hydrogens is 254 g/mol. The first-order valence-corrected chi connectivity index (χ1v) is 7.79. The fourth-order valence-corrected chi connectivity index (χ4v) is 3.19. The number of benzene rings is 1. The van der Waals surface area contributed by atoms with Gasteiger partial charge in [0.1, 0.15) is 12.4 Å². The van der Waals surface area contributed by atoms with Crippen LogP contribution in [0.5, 0.6) is 5.75 Å². The van der Waals surface area contributed by atoms with Gasteiger partial charge in [0, 0.05) is 11.4 Å². The second-order valence-corrected chi connectivity index (χ2v) is 5.85. The summed E-state index contributed by atoms with van der Waals surface area (Å²) in [7, 11) is 0. The molecule has 100 valence electrons. The third-order valence-corrected chi connectivity index (χ3v) is 4.45. The highest BCUT2D eigenvalue weighted by molar-refractivity contribution is 7.13. The van der Waals surface area contributed by atoms with Gasteiger partial charge in [0.05, 0.1) is 0 Å². The molecule has 0 saturated carbocycles. The van der Waals surface area contributed by atoms with Gasteiger partial charge in [-0.2, -0.15) is 0 Å². The first kappa shape index (κ1) is 12.7. The molecule has 0 atom stereocenters. The molecule has 2 heterocycles. The van der Waals surface area contributed by atoms with Gasteiger partial charge in [-0.25, -0.2) is 0 Å². The van der Waals surface area contributed by atoms with E-state index < -0.39 is 0 Å². The highest BCUT2D eigenvalue weighted by Crippen LogP contribution is 2.26. The van der Waals surface area contributed by atoms with Gasteiger partial charge in [-0.3, -0.25) is 4.90 Å². The summed E-state index contributed by atoms with van der Waals surface area (Å²) >= 11 is 1.77. The zero-order valence-corrected chi connectivity index (χ0v) is 11.9. The van der Waals surface area contributed by atoms with Crippen LogP contribution >= 0.6 is 11.3 Å². The predicted molar refractivity (Wildman–Crippen MR) is 80.9 cm³/mol. The van der Waals surface area contributed by atoms with Crippen LogP contribution in [0.2, 0.25) is 0 Å². The molecule has 3 heteroatoms. The van der Waals surface area contributed by atoms with Crippen molar-refractivity contribution < 1.29 is 4.74 Å². The van der Waals surface area contributed by atoms with Gasteiger partial charge >= 0.3 is 0 Å². The lowest BCUT2D eigenvalue weighted by atomic mass is 10.2. The Balaban J connectivity index is 1.51. The van der Waals surface area contributed by atoms with Crippen molar-refractivity contribution >= 4 is 11.3 Å². The second kappa shape index (κ2) is 6.22. The summed E-state index contributed by atoms with van der Waals surface area (Å²) in [5, 5.41) is 2.11. The molecule has 0 aliphatic carbocycles. The molecule has 2 aromatic rings. The topological polar surface area (TPSA) is 12.5 Å². The van der Waals surface area contributed by atoms with Crippen LogP contribution < -0.4 is 4.74 Å². The Morgan fingerprint density at radius 1 is 1.05 bits per heavy atom. The van der Waals surface area contributed by atoms with E-state index in [0.717, 1.165) is 18.9 Å². The summed E-state index contributed by atoms with van der Waals surface area (Å²) in [5.41, 5.74) is 1.27. The van der Waals surface area contributed by atoms with Crippen LogP contribution in [-0.2, 0) is 0 Å². The molecule has 0 bridgehead atoms. The molecule has 3 rings (SSSR count). The fourth-order valence-electron chi connectivity index (χ4n) is 2.46. The highest BCUT2D eigenvalue weighted by Gasteiger charge is 2.10. The first-order valence-electron chi connectivity index (χ1n) is 6.91. The standard InChI is InChI=1S/C16H19NOS/c1-2-10-17(9-1)11-12-18-15-7-5-14(6-8-15)16-4-3-13-19-16/h3-8,13H,1-2,9-12H2. The summed E-state index contributed by atoms with van der Waals surface area (Å²) in [6, 6.07) is 12.6. The molecule has 1 aliphatic heterocycles. The van der Waals surface area contributed by atoms with E-state index in [4.69, 9.17) is 4.74 Å². The van der Waals surface area contributed by atoms with Gasteiger partial charge in [0.2, 0.25) is 0 Å². The van der Waals surface area contributed by atoms with E-state index in [9.17, 15) is 0 Å². The van der Waals surface area contributed by atoms with Crippen molar-refractivity contribution in [2.75, 3.05) is 26.2 Å². The van der Waals surface area contributed by atoms with E-state index in [-0.39, 0.29) is 0 Å². The second-order valence-electron chi connectivity index (χ2n) is 4.90. The lowest BCUT2D eigenvalue weighted by Gasteiger charge is -2.14. The zero-order chi connectivity index (χ0) is 12.9. The molecule has 1 fully saturated rings. The normalized spacial score (nSPS) is 15.8. The van der Waals surface area contributed by atoms with Crippen molar-refractivity contribution in [2.24, 2.45) is 0 Å². The summed E-state index contributed by atoms with van der Waals surface area (Å²) < 4.78 is 5.80. The average molecular weight is 273 g/mol. The quantitative estimate of drug-likeness (QED) is 0.819. The molecule has 19 heavy (non-hydrogen) atoms. The number of nitrogens with zero attached hydrogens (tertiary/aromatic N) is 1. The minimum Gasteiger partial charge on any atom is -0.492 e. The maximum absolute atomic E-state index is 5.80. The lowest BCUT2D eigenvalue weighted by molar-refractivity contribution is 0.238. The smallest absolute Gasteiger partial charge is 0.119 e. The Kier molecular flexibility index (Phi) is 4.16. The molecule has 1 saturated heterocycles. The van der Waals surface area contributed by atoms with Gasteiger partial charge in [-0.05, 0) is 67.2 Å². The SMILES string of the molecule is c1csc(-c2ccc(OCCN3CCCC3)cc2)c1. The van der Waals surface area contributed by atoms with Crippen molar-refractivity contribution in [3.8, 4) is 16.2 Å². The van der Waals surface area contributed by atoms with E-state index in [1.807, 2.05) is 0 Å². The first-order chi connectivity index (χ1) is 9.42. The van der Waals surface area contributed by atoms with E-state index in [1.165, 1.54) is 36.4 Å². The molecule has 1 aromatic heterocycles. The summed E-state index contributed by atoms with van der Waals surface area (Å²) in [5.74, 6) is 0.972. The number of hydrogen-bond donors (Lipinski definition) is 0. The van der Waals surface area contributed by atoms with Gasteiger partial charge in [-0.15, -0.1) is 11.3 Å². The van der Waals surface area contributed by atoms with E-state index in [1.54, 1.807) is 11.3 Å². The molecule has 0 radical (unpaired) electrons. The number of rotatable bonds is 5. The van der Waals surface area contributed by atoms with Crippen LogP contribution in [-0.4, -0.2) is 31.1 Å². The van der Waals surface area contributed by atoms with Crippen molar-refractivity contribution in [1.82, 2.24) is 4.90 Å². The fraction of sp³-hybridized carbons (Fsp3) is 0.375. The van der Waals surface area contributed by atoms with E-state index in [0.29, 0.717) is 0 Å². The minimum atomic E-state index is 0.790. The summed E-state index contributed by atoms with van der Waals surface area (Å²) in [6.07, 6.45) is 2.69. The molecule has 2 nitrogen and oxygen atoms in total. The summed E-state index contributed by atoms with van der Waals surface area (Å²) in [4.78, 5) is 3.78. The molecule has 1 aliphatic rings. The van der Waals surface area contributed by atoms with Crippen molar-refractivity contribution in [3.05, 3.63) is 41.8 Å². The van der Waals surface area contributed by atoms with Crippen molar-refractivity contribution in [3.63, 3.8) is 0 Å². The molecule has 0 amide bonds. The molecule has 1 aromatic carbocycles. The van der Waals surface area contributed by atoms with Crippen molar-refractivity contribution in [2.45, 2.75) is 12.8 Å². The average Bonchev–Trinajstić information content (AvgIpc) is 3.13. The van der Waals surface area contributed by atoms with E-state index >= 15 is 0 Å². The van der Waals surface area contributed by atoms with E-state index in [2.05, 4.69) is 46.7 Å². The Morgan fingerprint density at radius 2 is 1.84 bits per heavy atom. The van der Waals surface area contributed by atoms with Crippen LogP contribution in [0.1, 0.15) is 12.8 Å². The number of hydrogen-bond acceptors (Lipinski definition) is 3. The van der Waals surface area contributed by atoms with Crippen molar-refractivity contribution in [1.29, 1.82) is 0 Å². The third-order valence-electron chi connectivity index (χ3n) is 3.53. The van der Waals surface area contributed by atoms with Gasteiger partial charge in [0.15, 0.2) is 0 Å². The number of thiophene rings is 1. The number of ether oxygens (including phenoxy) is 1. The van der Waals surface area contributed by atoms with Crippen LogP contribution in [0.25, 0.3) is 10.4 Å². The summed E-state index contributed by atoms with van der Waals surface area (Å²) in [6.45, 7) is 4.31. The Bertz CT molecular complexity index is 486. The number of likely N-dealkylation sites (tertiary alicyclic amines) is 1. The zero-order valence-electron chi connectivity index (χ0n) is 11.0. The van der Waals surface area contributed by atoms with Crippen LogP contribution in [0.3, 0.4) is 0 Å². The Labute approximate surface area is 118 Å². The minimum absolute atomic E-state index is 0.790. The predicted octanol–water partition coefficient (Wildman–Crippen LogP) is 3.89. The Hall–Kier alpha value is -1.32. The van der Waals surface area contributed by atoms with Gasteiger partial charge < -0.3 is 4.74 Å². The monoisotopic (exact) mass is 273 g/mol. The highest BCUT2D eigenvalue weighted by atomic mass is 32.1. The maximum Gasteiger partial charge on any atom is 0.119 e. The Morgan fingerprint density at radius 3 is 2.53 bits per heavy atom. The van der Waals surface area contributed by atoms with Crippen LogP contribution in [0.4, 0.5) is 0 Å². The molecule has 0 N–H and O–H groups in total. The maximum atomic E-state index is 5.80. The van der Waals surface area contributed by atoms with Gasteiger partial charge in [-0.1, -0.05) is 6.07 Å². The molecule has 0 spiro atoms. The largest absolute Gasteiger partial charge is 0.492 e. The molecule has 0 unspecified atom stereocenters. The third kappa shape index (κ3) is 3.37. The lowest BCUT2D eigenvalue weighted by Crippen LogP contribution is -2.25. The van der Waals surface area contributed by atoms with Gasteiger partial charge in [0.25, 0.3) is 0 Å². The molecular formula is C16H19NOS. The van der Waals surface area contributed by atoms with Crippen LogP contribution in [0, 0.1) is 0 Å². The van der Waals surface area contributed by atoms with Crippen LogP contribution in [0.15, 0.2) is 41.8 Å².